The number of hydrogen-bond donors (Lipinski definition) is 3. The molecular weight excluding hydrogens is 430 g/mol. The first kappa shape index (κ1) is 25.2. The van der Waals surface area contributed by atoms with E-state index in [-0.39, 0.29) is 40.9 Å². The minimum atomic E-state index is -0.372. The predicted octanol–water partition coefficient (Wildman–Crippen LogP) is -6.44. The molecule has 3 N–H and O–H groups in total. The zero-order chi connectivity index (χ0) is 16.9. The van der Waals surface area contributed by atoms with Gasteiger partial charge in [0.15, 0.2) is 0 Å². The normalized spacial score (nSPS) is 10.8. The number of aromatic nitrogens is 6. The van der Waals surface area contributed by atoms with Crippen molar-refractivity contribution in [3.63, 3.8) is 0 Å². The van der Waals surface area contributed by atoms with Crippen molar-refractivity contribution in [3.05, 3.63) is 50.9 Å². The molecule has 3 aromatic rings. The number of nitrogens with zero attached hydrogens (tertiary/aromatic N) is 3. The van der Waals surface area contributed by atoms with Crippen LogP contribution in [0.15, 0.2) is 0 Å². The summed E-state index contributed by atoms with van der Waals surface area (Å²) in [5, 5.41) is 22.7. The first-order valence-corrected chi connectivity index (χ1v) is 8.37. The molecule has 3 heterocycles. The molecule has 10 heteroatoms. The summed E-state index contributed by atoms with van der Waals surface area (Å²) in [6, 6.07) is 0. The van der Waals surface area contributed by atoms with E-state index in [0.29, 0.717) is 0 Å². The Hall–Kier alpha value is -0.786. The van der Waals surface area contributed by atoms with E-state index in [1.165, 1.54) is 16.7 Å². The monoisotopic (exact) mass is 450 g/mol. The van der Waals surface area contributed by atoms with Crippen LogP contribution in [-0.4, -0.2) is 30.6 Å². The van der Waals surface area contributed by atoms with Crippen molar-refractivity contribution in [2.75, 3.05) is 0 Å². The van der Waals surface area contributed by atoms with Gasteiger partial charge in [-0.3, -0.25) is 0 Å². The molecule has 0 unspecified atom stereocenters. The van der Waals surface area contributed by atoms with E-state index in [2.05, 4.69) is 71.8 Å². The Kier molecular flexibility index (Phi) is 8.67. The van der Waals surface area contributed by atoms with Crippen molar-refractivity contribution in [1.82, 2.24) is 30.6 Å². The second-order valence-electron chi connectivity index (χ2n) is 6.18. The summed E-state index contributed by atoms with van der Waals surface area (Å²) in [4.78, 5) is 0. The minimum absolute atomic E-state index is 0. The summed E-state index contributed by atoms with van der Waals surface area (Å²) in [5.41, 5.74) is 9.81. The van der Waals surface area contributed by atoms with Crippen molar-refractivity contribution in [2.45, 2.75) is 45.3 Å². The number of H-pyrrole nitrogens is 3. The van der Waals surface area contributed by atoms with E-state index in [4.69, 9.17) is 0 Å². The largest absolute Gasteiger partial charge is 1.00 e. The van der Waals surface area contributed by atoms with Gasteiger partial charge in [-0.25, -0.2) is 0 Å². The van der Waals surface area contributed by atoms with Crippen LogP contribution in [0.1, 0.15) is 50.9 Å². The fraction of sp³-hybridized carbons (Fsp3) is 0.438. The molecule has 0 saturated carbocycles. The Balaban J connectivity index is 0.00000208. The third kappa shape index (κ3) is 3.63. The van der Waals surface area contributed by atoms with E-state index in [1.54, 1.807) is 0 Å². The number of aromatic amines is 3. The van der Waals surface area contributed by atoms with Crippen molar-refractivity contribution in [2.24, 2.45) is 0 Å². The predicted molar refractivity (Wildman–Crippen MR) is 84.1 cm³/mol. The van der Waals surface area contributed by atoms with Crippen LogP contribution in [0, 0.1) is 41.5 Å². The smallest absolute Gasteiger partial charge is 1.00 e. The standard InChI is InChI=1S/C16H21N6.3ClH.Ti/c1-7-13(8(2)18-17-7)16(14-9(3)19-20-10(14)4)15-11(5)21-22-12(15)6;;;;/h1-6H3,(H,17,18)(H,19,20)(H,21,22);3*1H;/q;;;;+3/p-3. The van der Waals surface area contributed by atoms with Crippen LogP contribution in [0.5, 0.6) is 0 Å². The van der Waals surface area contributed by atoms with Gasteiger partial charge in [0.1, 0.15) is 0 Å². The molecule has 3 rings (SSSR count). The van der Waals surface area contributed by atoms with E-state index in [1.807, 2.05) is 20.8 Å². The summed E-state index contributed by atoms with van der Waals surface area (Å²) in [6.07, 6.45) is 0. The first-order valence-electron chi connectivity index (χ1n) is 7.59. The van der Waals surface area contributed by atoms with Crippen molar-refractivity contribution in [3.8, 4) is 0 Å². The molecule has 0 atom stereocenters. The van der Waals surface area contributed by atoms with Crippen molar-refractivity contribution < 1.29 is 57.7 Å². The Morgan fingerprint density at radius 1 is 0.577 bits per heavy atom. The topological polar surface area (TPSA) is 86.0 Å². The molecule has 0 saturated heterocycles. The molecule has 0 spiro atoms. The average Bonchev–Trinajstić information content (AvgIpc) is 3.10. The van der Waals surface area contributed by atoms with Gasteiger partial charge in [-0.1, -0.05) is 0 Å². The molecule has 0 aliphatic heterocycles. The molecule has 140 valence electrons. The van der Waals surface area contributed by atoms with E-state index >= 15 is 0 Å². The summed E-state index contributed by atoms with van der Waals surface area (Å²) >= 11 is 2.24. The number of hydrogen-bond acceptors (Lipinski definition) is 3. The molecule has 0 radical (unpaired) electrons. The quantitative estimate of drug-likeness (QED) is 0.346. The van der Waals surface area contributed by atoms with Crippen LogP contribution < -0.4 is 37.2 Å². The maximum Gasteiger partial charge on any atom is -1.00 e. The Morgan fingerprint density at radius 2 is 0.808 bits per heavy atom. The molecule has 3 aromatic heterocycles. The van der Waals surface area contributed by atoms with Gasteiger partial charge in [0, 0.05) is 0 Å². The molecule has 6 nitrogen and oxygen atoms in total. The SMILES string of the molecule is Cc1n[nH]c(C)c1[C]([Ti+3])(c1c(C)n[nH]c1C)c1c(C)n[nH]c1C.[Cl-].[Cl-].[Cl-]. The van der Waals surface area contributed by atoms with Gasteiger partial charge in [0.05, 0.1) is 0 Å². The zero-order valence-corrected chi connectivity index (χ0v) is 19.3. The van der Waals surface area contributed by atoms with Gasteiger partial charge in [-0.2, -0.15) is 0 Å². The summed E-state index contributed by atoms with van der Waals surface area (Å²) in [5.74, 6) is 0. The van der Waals surface area contributed by atoms with Gasteiger partial charge >= 0.3 is 147 Å². The maximum absolute atomic E-state index is 4.43. The Labute approximate surface area is 183 Å². The van der Waals surface area contributed by atoms with Crippen LogP contribution in [0.25, 0.3) is 0 Å². The van der Waals surface area contributed by atoms with Gasteiger partial charge in [-0.15, -0.1) is 0 Å². The fourth-order valence-corrected chi connectivity index (χ4v) is 5.41. The minimum Gasteiger partial charge on any atom is -1.00 e. The molecule has 0 amide bonds. The van der Waals surface area contributed by atoms with Crippen LogP contribution in [-0.2, 0) is 24.2 Å². The molecule has 0 aromatic carbocycles. The Bertz CT molecular complexity index is 712. The summed E-state index contributed by atoms with van der Waals surface area (Å²) < 4.78 is -0.372. The van der Waals surface area contributed by atoms with Crippen molar-refractivity contribution >= 4 is 0 Å². The molecule has 0 aliphatic rings. The fourth-order valence-electron chi connectivity index (χ4n) is 3.69. The Morgan fingerprint density at radius 3 is 0.962 bits per heavy atom. The van der Waals surface area contributed by atoms with Gasteiger partial charge in [-0.05, 0) is 0 Å². The number of rotatable bonds is 3. The van der Waals surface area contributed by atoms with E-state index in [9.17, 15) is 0 Å². The second-order valence-corrected chi connectivity index (χ2v) is 7.35. The zero-order valence-electron chi connectivity index (χ0n) is 15.5. The van der Waals surface area contributed by atoms with Gasteiger partial charge in [0.25, 0.3) is 0 Å². The number of aryl methyl sites for hydroxylation is 6. The van der Waals surface area contributed by atoms with Crippen LogP contribution in [0.4, 0.5) is 0 Å². The van der Waals surface area contributed by atoms with Gasteiger partial charge < -0.3 is 37.2 Å². The van der Waals surface area contributed by atoms with E-state index in [0.717, 1.165) is 34.2 Å². The molecule has 0 bridgehead atoms. The number of nitrogens with one attached hydrogen (secondary N) is 3. The average molecular weight is 452 g/mol. The first-order chi connectivity index (χ1) is 10.8. The molecular formula is C16H21Cl3N6Ti. The van der Waals surface area contributed by atoms with Crippen LogP contribution >= 0.6 is 0 Å². The third-order valence-corrected chi connectivity index (χ3v) is 5.68. The second kappa shape index (κ2) is 8.94. The summed E-state index contributed by atoms with van der Waals surface area (Å²) in [7, 11) is 0. The van der Waals surface area contributed by atoms with E-state index < -0.39 is 0 Å². The molecule has 0 aliphatic carbocycles. The van der Waals surface area contributed by atoms with Crippen LogP contribution in [0.3, 0.4) is 0 Å². The summed E-state index contributed by atoms with van der Waals surface area (Å²) in [6.45, 7) is 12.4. The van der Waals surface area contributed by atoms with Crippen molar-refractivity contribution in [1.29, 1.82) is 0 Å². The number of halogens is 3. The van der Waals surface area contributed by atoms with Crippen LogP contribution in [0.2, 0.25) is 0 Å². The molecule has 26 heavy (non-hydrogen) atoms. The maximum atomic E-state index is 4.43. The third-order valence-electron chi connectivity index (χ3n) is 4.51. The van der Waals surface area contributed by atoms with Gasteiger partial charge in [0.2, 0.25) is 0 Å². The molecule has 0 fully saturated rings.